The van der Waals surface area contributed by atoms with Crippen LogP contribution in [0.5, 0.6) is 0 Å². The molecule has 10 heavy (non-hydrogen) atoms. The third-order valence-corrected chi connectivity index (χ3v) is 1.19. The van der Waals surface area contributed by atoms with E-state index in [1.807, 2.05) is 6.92 Å². The third-order valence-electron chi connectivity index (χ3n) is 1.19. The van der Waals surface area contributed by atoms with Gasteiger partial charge in [0.05, 0.1) is 0 Å². The van der Waals surface area contributed by atoms with Crippen molar-refractivity contribution >= 4 is 5.91 Å². The minimum atomic E-state index is 0.0541. The smallest absolute Gasteiger partial charge is 0.223 e. The highest BCUT2D eigenvalue weighted by Crippen LogP contribution is 1.96. The van der Waals surface area contributed by atoms with Crippen LogP contribution in [0.3, 0.4) is 0 Å². The fraction of sp³-hybridized carbons (Fsp3) is 0.625. The predicted molar refractivity (Wildman–Crippen MR) is 42.5 cm³/mol. The molecule has 0 bridgehead atoms. The van der Waals surface area contributed by atoms with Gasteiger partial charge in [-0.25, -0.2) is 0 Å². The van der Waals surface area contributed by atoms with Crippen molar-refractivity contribution in [3.63, 3.8) is 0 Å². The summed E-state index contributed by atoms with van der Waals surface area (Å²) in [5.41, 5.74) is 0.828. The molecule has 0 saturated carbocycles. The van der Waals surface area contributed by atoms with E-state index < -0.39 is 0 Å². The van der Waals surface area contributed by atoms with Gasteiger partial charge >= 0.3 is 0 Å². The van der Waals surface area contributed by atoms with Gasteiger partial charge in [-0.3, -0.25) is 4.79 Å². The van der Waals surface area contributed by atoms with Crippen LogP contribution in [0.2, 0.25) is 0 Å². The monoisotopic (exact) mass is 141 g/mol. The summed E-state index contributed by atoms with van der Waals surface area (Å²) in [5, 5.41) is 2.70. The Labute approximate surface area is 62.3 Å². The van der Waals surface area contributed by atoms with Crippen LogP contribution in [0.1, 0.15) is 33.1 Å². The van der Waals surface area contributed by atoms with E-state index >= 15 is 0 Å². The highest BCUT2D eigenvalue weighted by atomic mass is 16.1. The van der Waals surface area contributed by atoms with Crippen LogP contribution in [0.4, 0.5) is 0 Å². The lowest BCUT2D eigenvalue weighted by atomic mass is 10.3. The fourth-order valence-electron chi connectivity index (χ4n) is 0.650. The van der Waals surface area contributed by atoms with Crippen molar-refractivity contribution in [3.05, 3.63) is 12.3 Å². The van der Waals surface area contributed by atoms with E-state index in [1.54, 1.807) is 0 Å². The largest absolute Gasteiger partial charge is 0.330 e. The molecular formula is C8H15NO. The number of carbonyl (C=O) groups excluding carboxylic acids is 1. The molecule has 0 atom stereocenters. The summed E-state index contributed by atoms with van der Waals surface area (Å²) in [5.74, 6) is 0.0541. The summed E-state index contributed by atoms with van der Waals surface area (Å²) in [6.45, 7) is 7.59. The lowest BCUT2D eigenvalue weighted by Crippen LogP contribution is -2.20. The number of nitrogens with one attached hydrogen (secondary N) is 1. The number of amides is 1. The number of carbonyl (C=O) groups is 1. The highest BCUT2D eigenvalue weighted by Gasteiger charge is 1.96. The first-order valence-corrected chi connectivity index (χ1v) is 3.68. The molecule has 0 aliphatic heterocycles. The third kappa shape index (κ3) is 4.13. The molecule has 0 heterocycles. The average Bonchev–Trinajstić information content (AvgIpc) is 1.88. The number of rotatable bonds is 4. The second-order valence-electron chi connectivity index (χ2n) is 2.26. The SMILES string of the molecule is C=C(CCC)NC(=O)CC. The molecule has 0 aliphatic rings. The van der Waals surface area contributed by atoms with Gasteiger partial charge in [0.25, 0.3) is 0 Å². The zero-order valence-corrected chi connectivity index (χ0v) is 6.74. The van der Waals surface area contributed by atoms with Crippen molar-refractivity contribution in [1.82, 2.24) is 5.32 Å². The lowest BCUT2D eigenvalue weighted by Gasteiger charge is -2.03. The molecule has 0 aliphatic carbocycles. The van der Waals surface area contributed by atoms with Crippen molar-refractivity contribution in [2.24, 2.45) is 0 Å². The molecule has 0 radical (unpaired) electrons. The minimum Gasteiger partial charge on any atom is -0.330 e. The van der Waals surface area contributed by atoms with Crippen LogP contribution in [0, 0.1) is 0 Å². The summed E-state index contributed by atoms with van der Waals surface area (Å²) < 4.78 is 0. The molecule has 0 rings (SSSR count). The molecule has 58 valence electrons. The Hall–Kier alpha value is -0.790. The Morgan fingerprint density at radius 2 is 2.10 bits per heavy atom. The van der Waals surface area contributed by atoms with Crippen LogP contribution in [0.25, 0.3) is 0 Å². The van der Waals surface area contributed by atoms with Gasteiger partial charge in [-0.15, -0.1) is 0 Å². The van der Waals surface area contributed by atoms with Crippen molar-refractivity contribution in [2.75, 3.05) is 0 Å². The molecule has 0 aromatic heterocycles. The Morgan fingerprint density at radius 1 is 1.50 bits per heavy atom. The van der Waals surface area contributed by atoms with E-state index in [0.717, 1.165) is 18.5 Å². The van der Waals surface area contributed by atoms with Gasteiger partial charge in [0.2, 0.25) is 5.91 Å². The maximum absolute atomic E-state index is 10.7. The molecule has 1 N–H and O–H groups in total. The maximum atomic E-state index is 10.7. The molecule has 0 unspecified atom stereocenters. The number of allylic oxidation sites excluding steroid dienone is 1. The fourth-order valence-corrected chi connectivity index (χ4v) is 0.650. The van der Waals surface area contributed by atoms with Gasteiger partial charge in [-0.05, 0) is 6.42 Å². The average molecular weight is 141 g/mol. The summed E-state index contributed by atoms with van der Waals surface area (Å²) in [4.78, 5) is 10.7. The van der Waals surface area contributed by atoms with Gasteiger partial charge < -0.3 is 5.32 Å². The second-order valence-corrected chi connectivity index (χ2v) is 2.26. The van der Waals surface area contributed by atoms with Crippen LogP contribution < -0.4 is 5.32 Å². The van der Waals surface area contributed by atoms with Gasteiger partial charge in [0.1, 0.15) is 0 Å². The second kappa shape index (κ2) is 5.03. The van der Waals surface area contributed by atoms with Crippen LogP contribution in [0.15, 0.2) is 12.3 Å². The summed E-state index contributed by atoms with van der Waals surface area (Å²) in [6.07, 6.45) is 2.44. The zero-order chi connectivity index (χ0) is 7.98. The molecular weight excluding hydrogens is 126 g/mol. The van der Waals surface area contributed by atoms with Crippen molar-refractivity contribution in [1.29, 1.82) is 0 Å². The zero-order valence-electron chi connectivity index (χ0n) is 6.74. The van der Waals surface area contributed by atoms with E-state index in [0.29, 0.717) is 6.42 Å². The Kier molecular flexibility index (Phi) is 4.63. The summed E-state index contributed by atoms with van der Waals surface area (Å²) in [6, 6.07) is 0. The standard InChI is InChI=1S/C8H15NO/c1-4-6-7(3)9-8(10)5-2/h3-6H2,1-2H3,(H,9,10). The van der Waals surface area contributed by atoms with Crippen LogP contribution >= 0.6 is 0 Å². The quantitative estimate of drug-likeness (QED) is 0.635. The Balaban J connectivity index is 3.47. The molecule has 2 heteroatoms. The number of hydrogen-bond donors (Lipinski definition) is 1. The van der Waals surface area contributed by atoms with Crippen molar-refractivity contribution in [2.45, 2.75) is 33.1 Å². The first kappa shape index (κ1) is 9.21. The lowest BCUT2D eigenvalue weighted by molar-refractivity contribution is -0.120. The Morgan fingerprint density at radius 3 is 2.50 bits per heavy atom. The molecule has 0 aromatic rings. The van der Waals surface area contributed by atoms with E-state index in [9.17, 15) is 4.79 Å². The topological polar surface area (TPSA) is 29.1 Å². The van der Waals surface area contributed by atoms with Crippen LogP contribution in [-0.4, -0.2) is 5.91 Å². The minimum absolute atomic E-state index is 0.0541. The van der Waals surface area contributed by atoms with Gasteiger partial charge in [-0.1, -0.05) is 26.8 Å². The molecule has 0 saturated heterocycles. The van der Waals surface area contributed by atoms with E-state index in [2.05, 4.69) is 18.8 Å². The predicted octanol–water partition coefficient (Wildman–Crippen LogP) is 1.83. The van der Waals surface area contributed by atoms with Gasteiger partial charge in [-0.2, -0.15) is 0 Å². The van der Waals surface area contributed by atoms with Crippen molar-refractivity contribution in [3.8, 4) is 0 Å². The molecule has 2 nitrogen and oxygen atoms in total. The highest BCUT2D eigenvalue weighted by molar-refractivity contribution is 5.77. The van der Waals surface area contributed by atoms with E-state index in [4.69, 9.17) is 0 Å². The number of hydrogen-bond acceptors (Lipinski definition) is 1. The summed E-state index contributed by atoms with van der Waals surface area (Å²) in [7, 11) is 0. The van der Waals surface area contributed by atoms with E-state index in [-0.39, 0.29) is 5.91 Å². The molecule has 0 aromatic carbocycles. The molecule has 0 fully saturated rings. The first-order chi connectivity index (χ1) is 4.70. The maximum Gasteiger partial charge on any atom is 0.223 e. The molecule has 1 amide bonds. The van der Waals surface area contributed by atoms with Gasteiger partial charge in [0.15, 0.2) is 0 Å². The molecule has 0 spiro atoms. The summed E-state index contributed by atoms with van der Waals surface area (Å²) >= 11 is 0. The van der Waals surface area contributed by atoms with Gasteiger partial charge in [0, 0.05) is 12.1 Å². The Bertz CT molecular complexity index is 129. The van der Waals surface area contributed by atoms with Crippen LogP contribution in [-0.2, 0) is 4.79 Å². The first-order valence-electron chi connectivity index (χ1n) is 3.68. The van der Waals surface area contributed by atoms with E-state index in [1.165, 1.54) is 0 Å². The normalized spacial score (nSPS) is 9.00. The van der Waals surface area contributed by atoms with Crippen molar-refractivity contribution < 1.29 is 4.79 Å².